The monoisotopic (exact) mass is 395 g/mol. The van der Waals surface area contributed by atoms with Crippen LogP contribution in [0.15, 0.2) is 24.3 Å². The van der Waals surface area contributed by atoms with Crippen LogP contribution in [-0.2, 0) is 25.7 Å². The van der Waals surface area contributed by atoms with E-state index in [1.54, 1.807) is 0 Å². The summed E-state index contributed by atoms with van der Waals surface area (Å²) in [6.07, 6.45) is 4.12. The third-order valence-corrected chi connectivity index (χ3v) is 7.40. The van der Waals surface area contributed by atoms with Crippen molar-refractivity contribution < 1.29 is 0 Å². The molecule has 0 N–H and O–H groups in total. The van der Waals surface area contributed by atoms with Gasteiger partial charge in [0.25, 0.3) is 0 Å². The first-order valence-electron chi connectivity index (χ1n) is 10.6. The van der Waals surface area contributed by atoms with Crippen LogP contribution in [0.2, 0.25) is 0 Å². The van der Waals surface area contributed by atoms with Gasteiger partial charge in [-0.3, -0.25) is 0 Å². The summed E-state index contributed by atoms with van der Waals surface area (Å²) in [5, 5.41) is 2.65. The maximum absolute atomic E-state index is 6.94. The topological polar surface area (TPSA) is 6.48 Å². The largest absolute Gasteiger partial charge is 0.377 e. The number of benzene rings is 2. The highest BCUT2D eigenvalue weighted by Gasteiger charge is 2.23. The summed E-state index contributed by atoms with van der Waals surface area (Å²) < 4.78 is 0. The highest BCUT2D eigenvalue weighted by atomic mass is 31.1. The lowest BCUT2D eigenvalue weighted by Crippen LogP contribution is -2.21. The number of aryl methyl sites for hydroxylation is 4. The molecule has 2 rings (SSSR count). The van der Waals surface area contributed by atoms with E-state index in [0.29, 0.717) is 0 Å². The second kappa shape index (κ2) is 9.83. The summed E-state index contributed by atoms with van der Waals surface area (Å²) in [7, 11) is 14.2. The Hall–Kier alpha value is -1.47. The van der Waals surface area contributed by atoms with Gasteiger partial charge >= 0.3 is 7.57 Å². The summed E-state index contributed by atoms with van der Waals surface area (Å²) >= 11 is 0. The predicted octanol–water partition coefficient (Wildman–Crippen LogP) is 4.32. The Morgan fingerprint density at radius 2 is 0.857 bits per heavy atom. The van der Waals surface area contributed by atoms with E-state index in [9.17, 15) is 0 Å². The molecule has 2 aromatic rings. The van der Waals surface area contributed by atoms with Gasteiger partial charge in [0.15, 0.2) is 0 Å². The van der Waals surface area contributed by atoms with E-state index in [1.165, 1.54) is 44.2 Å². The molecular weight excluding hydrogens is 358 g/mol. The molecule has 0 bridgehead atoms. The fourth-order valence-electron chi connectivity index (χ4n) is 4.22. The molecule has 0 fully saturated rings. The van der Waals surface area contributed by atoms with Crippen molar-refractivity contribution in [3.05, 3.63) is 46.5 Å². The molecule has 4 heteroatoms. The fourth-order valence-corrected chi connectivity index (χ4v) is 5.88. The van der Waals surface area contributed by atoms with E-state index in [-0.39, 0.29) is 0 Å². The molecule has 0 aliphatic rings. The minimum atomic E-state index is -1.29. The van der Waals surface area contributed by atoms with Gasteiger partial charge in [-0.25, -0.2) is 0 Å². The van der Waals surface area contributed by atoms with E-state index < -0.39 is 7.80 Å². The minimum Gasteiger partial charge on any atom is -0.377 e. The highest BCUT2D eigenvalue weighted by Crippen LogP contribution is 2.35. The lowest BCUT2D eigenvalue weighted by atomic mass is 10.0. The number of anilines is 2. The molecule has 0 aliphatic heterocycles. The average molecular weight is 395 g/mol. The van der Waals surface area contributed by atoms with Crippen molar-refractivity contribution in [2.24, 2.45) is 0 Å². The third-order valence-electron chi connectivity index (χ3n) is 5.58. The van der Waals surface area contributed by atoms with Gasteiger partial charge in [-0.05, 0) is 72.2 Å². The second-order valence-corrected chi connectivity index (χ2v) is 9.88. The number of hydrogen-bond donors (Lipinski definition) is 0. The number of hydrogen-bond acceptors (Lipinski definition) is 2. The van der Waals surface area contributed by atoms with Gasteiger partial charge in [-0.2, -0.15) is 0 Å². The molecule has 0 saturated heterocycles. The smallest absolute Gasteiger partial charge is 0.374 e. The molecule has 28 heavy (non-hydrogen) atoms. The van der Waals surface area contributed by atoms with Crippen LogP contribution in [0.3, 0.4) is 0 Å². The molecule has 0 aliphatic carbocycles. The number of rotatable bonds is 8. The predicted molar refractivity (Wildman–Crippen MR) is 132 cm³/mol. The van der Waals surface area contributed by atoms with E-state index in [1.807, 2.05) is 0 Å². The Bertz CT molecular complexity index is 697. The zero-order valence-corrected chi connectivity index (χ0v) is 20.1. The van der Waals surface area contributed by atoms with Crippen LogP contribution in [-0.4, -0.2) is 35.8 Å². The van der Waals surface area contributed by atoms with Crippen molar-refractivity contribution in [1.29, 1.82) is 0 Å². The molecule has 150 valence electrons. The summed E-state index contributed by atoms with van der Waals surface area (Å²) in [5.41, 5.74) is 8.37. The zero-order chi connectivity index (χ0) is 21.0. The van der Waals surface area contributed by atoms with Gasteiger partial charge in [0.2, 0.25) is 0 Å². The van der Waals surface area contributed by atoms with Crippen molar-refractivity contribution in [3.63, 3.8) is 0 Å². The Morgan fingerprint density at radius 1 is 0.607 bits per heavy atom. The Kier molecular flexibility index (Phi) is 8.02. The van der Waals surface area contributed by atoms with Gasteiger partial charge in [-0.15, -0.1) is 0 Å². The van der Waals surface area contributed by atoms with Crippen molar-refractivity contribution in [3.8, 4) is 0 Å². The Labute approximate surface area is 175 Å². The standard InChI is InChI=1S/C24H37BN2P/c1-9-17-13-21(14-18(10-2)23(17)26(5)6)28(25)22-15-19(11-3)24(27(7)8)20(12-4)16-22/h13-16,28H,9-12H2,1-8H3/q+1. The number of nitrogens with zero attached hydrogens (tertiary/aromatic N) is 2. The summed E-state index contributed by atoms with van der Waals surface area (Å²) in [6.45, 7) is 8.96. The van der Waals surface area contributed by atoms with E-state index in [4.69, 9.17) is 7.57 Å². The lowest BCUT2D eigenvalue weighted by Gasteiger charge is -2.24. The zero-order valence-electron chi connectivity index (χ0n) is 19.1. The lowest BCUT2D eigenvalue weighted by molar-refractivity contribution is 1.02. The summed E-state index contributed by atoms with van der Waals surface area (Å²) in [4.78, 5) is 4.50. The summed E-state index contributed by atoms with van der Waals surface area (Å²) in [5.74, 6) is 0. The molecule has 0 unspecified atom stereocenters. The van der Waals surface area contributed by atoms with Crippen LogP contribution in [0, 0.1) is 0 Å². The molecule has 2 aromatic carbocycles. The highest BCUT2D eigenvalue weighted by molar-refractivity contribution is 7.94. The molecule has 2 radical (unpaired) electrons. The van der Waals surface area contributed by atoms with Crippen LogP contribution in [0.1, 0.15) is 49.9 Å². The molecule has 0 heterocycles. The average Bonchev–Trinajstić information content (AvgIpc) is 2.70. The third kappa shape index (κ3) is 4.57. The summed E-state index contributed by atoms with van der Waals surface area (Å²) in [6, 6.07) is 9.44. The molecule has 0 aromatic heterocycles. The quantitative estimate of drug-likeness (QED) is 0.485. The normalized spacial score (nSPS) is 11.2. The SMILES string of the molecule is [B][PH+](c1cc(CC)c(N(C)C)c(CC)c1)c1cc(CC)c(N(C)C)c(CC)c1. The molecule has 2 nitrogen and oxygen atoms in total. The van der Waals surface area contributed by atoms with Crippen LogP contribution >= 0.6 is 7.80 Å². The van der Waals surface area contributed by atoms with Gasteiger partial charge in [-0.1, -0.05) is 27.7 Å². The molecule has 0 saturated carbocycles. The van der Waals surface area contributed by atoms with Gasteiger partial charge in [0.05, 0.1) is 10.6 Å². The van der Waals surface area contributed by atoms with Gasteiger partial charge < -0.3 is 9.80 Å². The first-order chi connectivity index (χ1) is 13.3. The van der Waals surface area contributed by atoms with Crippen LogP contribution in [0.5, 0.6) is 0 Å². The second-order valence-electron chi connectivity index (χ2n) is 7.90. The van der Waals surface area contributed by atoms with E-state index in [0.717, 1.165) is 25.7 Å². The first kappa shape index (κ1) is 22.8. The Balaban J connectivity index is 2.61. The van der Waals surface area contributed by atoms with Crippen molar-refractivity contribution in [2.75, 3.05) is 38.0 Å². The molecule has 0 spiro atoms. The van der Waals surface area contributed by atoms with Gasteiger partial charge in [0.1, 0.15) is 0 Å². The fraction of sp³-hybridized carbons (Fsp3) is 0.500. The maximum atomic E-state index is 6.94. The van der Waals surface area contributed by atoms with Crippen LogP contribution in [0.25, 0.3) is 0 Å². The molecular formula is C24H37BN2P+. The maximum Gasteiger partial charge on any atom is 0.374 e. The van der Waals surface area contributed by atoms with Crippen molar-refractivity contribution in [2.45, 2.75) is 53.4 Å². The Morgan fingerprint density at radius 3 is 1.04 bits per heavy atom. The molecule has 0 amide bonds. The van der Waals surface area contributed by atoms with Crippen LogP contribution < -0.4 is 20.4 Å². The van der Waals surface area contributed by atoms with Crippen molar-refractivity contribution in [1.82, 2.24) is 0 Å². The van der Waals surface area contributed by atoms with Crippen molar-refractivity contribution >= 4 is 37.3 Å². The van der Waals surface area contributed by atoms with Crippen LogP contribution in [0.4, 0.5) is 11.4 Å². The van der Waals surface area contributed by atoms with Gasteiger partial charge in [0, 0.05) is 47.4 Å². The first-order valence-corrected chi connectivity index (χ1v) is 12.2. The minimum absolute atomic E-state index is 1.03. The van der Waals surface area contributed by atoms with E-state index >= 15 is 0 Å². The molecule has 0 atom stereocenters. The van der Waals surface area contributed by atoms with E-state index in [2.05, 4.69) is 90.0 Å².